The minimum absolute atomic E-state index is 0.0888. The van der Waals surface area contributed by atoms with Crippen LogP contribution in [0.2, 0.25) is 0 Å². The third-order valence-corrected chi connectivity index (χ3v) is 5.95. The van der Waals surface area contributed by atoms with E-state index in [9.17, 15) is 4.79 Å². The molecule has 3 heteroatoms. The number of ether oxygens (including phenoxy) is 1. The molecule has 0 amide bonds. The van der Waals surface area contributed by atoms with Crippen LogP contribution in [-0.4, -0.2) is 23.8 Å². The minimum Gasteiger partial charge on any atom is -0.462 e. The third-order valence-electron chi connectivity index (χ3n) is 5.95. The van der Waals surface area contributed by atoms with Crippen molar-refractivity contribution in [2.24, 2.45) is 17.8 Å². The van der Waals surface area contributed by atoms with Gasteiger partial charge in [-0.25, -0.2) is 0 Å². The molecular formula is C20H36O3. The van der Waals surface area contributed by atoms with Gasteiger partial charge in [0, 0.05) is 6.61 Å². The van der Waals surface area contributed by atoms with Gasteiger partial charge in [-0.2, -0.15) is 0 Å². The summed E-state index contributed by atoms with van der Waals surface area (Å²) in [5.41, 5.74) is 0. The van der Waals surface area contributed by atoms with Crippen LogP contribution in [0.3, 0.4) is 0 Å². The smallest absolute Gasteiger partial charge is 0.309 e. The first-order valence-electron chi connectivity index (χ1n) is 10.0. The van der Waals surface area contributed by atoms with E-state index in [0.717, 1.165) is 50.4 Å². The minimum atomic E-state index is 0.0888. The Kier molecular flexibility index (Phi) is 8.43. The zero-order chi connectivity index (χ0) is 16.5. The normalized spacial score (nSPS) is 31.7. The molecule has 0 heterocycles. The van der Waals surface area contributed by atoms with Crippen molar-refractivity contribution in [1.29, 1.82) is 0 Å². The number of hydrogen-bond donors (Lipinski definition) is 1. The van der Waals surface area contributed by atoms with Gasteiger partial charge in [0.05, 0.1) is 5.92 Å². The summed E-state index contributed by atoms with van der Waals surface area (Å²) in [5, 5.41) is 8.78. The van der Waals surface area contributed by atoms with Crippen LogP contribution in [0, 0.1) is 17.8 Å². The summed E-state index contributed by atoms with van der Waals surface area (Å²) >= 11 is 0. The monoisotopic (exact) mass is 324 g/mol. The van der Waals surface area contributed by atoms with Gasteiger partial charge in [-0.15, -0.1) is 0 Å². The van der Waals surface area contributed by atoms with Crippen LogP contribution in [0.1, 0.15) is 90.4 Å². The topological polar surface area (TPSA) is 46.5 Å². The Hall–Kier alpha value is -0.570. The molecule has 2 saturated carbocycles. The van der Waals surface area contributed by atoms with Gasteiger partial charge >= 0.3 is 5.97 Å². The van der Waals surface area contributed by atoms with Crippen LogP contribution in [-0.2, 0) is 9.53 Å². The molecule has 0 saturated heterocycles. The quantitative estimate of drug-likeness (QED) is 0.512. The van der Waals surface area contributed by atoms with E-state index in [-0.39, 0.29) is 18.0 Å². The number of carbonyl (C=O) groups is 1. The predicted molar refractivity (Wildman–Crippen MR) is 93.1 cm³/mol. The standard InChI is InChI=1S/C20H36O3/c1-16-7-13-19(14-8-16)23-20(22)18-11-9-17(10-12-18)6-4-2-3-5-15-21/h16-19,21H,2-15H2,1H3. The Morgan fingerprint density at radius 3 is 2.22 bits per heavy atom. The van der Waals surface area contributed by atoms with Gasteiger partial charge in [0.15, 0.2) is 0 Å². The van der Waals surface area contributed by atoms with Crippen molar-refractivity contribution >= 4 is 5.97 Å². The van der Waals surface area contributed by atoms with Gasteiger partial charge in [-0.3, -0.25) is 4.79 Å². The van der Waals surface area contributed by atoms with Crippen molar-refractivity contribution in [3.8, 4) is 0 Å². The van der Waals surface area contributed by atoms with Crippen LogP contribution in [0.15, 0.2) is 0 Å². The lowest BCUT2D eigenvalue weighted by Crippen LogP contribution is -2.29. The SMILES string of the molecule is CC1CCC(OC(=O)C2CCC(CCCCCCO)CC2)CC1. The largest absolute Gasteiger partial charge is 0.462 e. The lowest BCUT2D eigenvalue weighted by Gasteiger charge is -2.30. The molecule has 0 atom stereocenters. The molecule has 2 aliphatic carbocycles. The first-order valence-corrected chi connectivity index (χ1v) is 10.0. The number of carbonyl (C=O) groups excluding carboxylic acids is 1. The molecule has 134 valence electrons. The van der Waals surface area contributed by atoms with Crippen LogP contribution >= 0.6 is 0 Å². The fourth-order valence-corrected chi connectivity index (χ4v) is 4.19. The highest BCUT2D eigenvalue weighted by atomic mass is 16.5. The number of rotatable bonds is 8. The van der Waals surface area contributed by atoms with E-state index < -0.39 is 0 Å². The highest BCUT2D eigenvalue weighted by Gasteiger charge is 2.29. The molecule has 2 aliphatic rings. The molecule has 0 radical (unpaired) electrons. The molecule has 0 aromatic carbocycles. The fourth-order valence-electron chi connectivity index (χ4n) is 4.19. The molecule has 0 bridgehead atoms. The van der Waals surface area contributed by atoms with Crippen LogP contribution in [0.25, 0.3) is 0 Å². The molecule has 2 rings (SSSR count). The predicted octanol–water partition coefficient (Wildman–Crippen LogP) is 4.86. The second-order valence-electron chi connectivity index (χ2n) is 7.96. The van der Waals surface area contributed by atoms with Crippen LogP contribution < -0.4 is 0 Å². The molecule has 23 heavy (non-hydrogen) atoms. The number of esters is 1. The second-order valence-corrected chi connectivity index (χ2v) is 7.96. The maximum atomic E-state index is 12.3. The van der Waals surface area contributed by atoms with Crippen molar-refractivity contribution in [3.05, 3.63) is 0 Å². The molecule has 1 N–H and O–H groups in total. The number of aliphatic hydroxyl groups is 1. The maximum absolute atomic E-state index is 12.3. The summed E-state index contributed by atoms with van der Waals surface area (Å²) in [7, 11) is 0. The van der Waals surface area contributed by atoms with Crippen molar-refractivity contribution < 1.29 is 14.6 Å². The van der Waals surface area contributed by atoms with E-state index in [1.54, 1.807) is 0 Å². The molecule has 0 spiro atoms. The van der Waals surface area contributed by atoms with Crippen molar-refractivity contribution in [1.82, 2.24) is 0 Å². The molecular weight excluding hydrogens is 288 g/mol. The molecule has 0 aliphatic heterocycles. The average Bonchev–Trinajstić information content (AvgIpc) is 2.57. The van der Waals surface area contributed by atoms with Crippen molar-refractivity contribution in [2.45, 2.75) is 96.5 Å². The third kappa shape index (κ3) is 6.82. The molecule has 0 aromatic heterocycles. The zero-order valence-corrected chi connectivity index (χ0v) is 15.0. The van der Waals surface area contributed by atoms with E-state index in [1.807, 2.05) is 0 Å². The van der Waals surface area contributed by atoms with Gasteiger partial charge in [0.25, 0.3) is 0 Å². The second kappa shape index (κ2) is 10.3. The number of hydrogen-bond acceptors (Lipinski definition) is 3. The number of aliphatic hydroxyl groups excluding tert-OH is 1. The van der Waals surface area contributed by atoms with Crippen molar-refractivity contribution in [2.75, 3.05) is 6.61 Å². The summed E-state index contributed by atoms with van der Waals surface area (Å²) in [5.74, 6) is 1.87. The fraction of sp³-hybridized carbons (Fsp3) is 0.950. The Bertz CT molecular complexity index is 326. The molecule has 0 aromatic rings. The summed E-state index contributed by atoms with van der Waals surface area (Å²) in [6.45, 7) is 2.62. The van der Waals surface area contributed by atoms with Crippen LogP contribution in [0.5, 0.6) is 0 Å². The zero-order valence-electron chi connectivity index (χ0n) is 15.0. The maximum Gasteiger partial charge on any atom is 0.309 e. The van der Waals surface area contributed by atoms with Gasteiger partial charge < -0.3 is 9.84 Å². The highest BCUT2D eigenvalue weighted by molar-refractivity contribution is 5.72. The van der Waals surface area contributed by atoms with E-state index in [4.69, 9.17) is 9.84 Å². The summed E-state index contributed by atoms with van der Waals surface area (Å²) in [6, 6.07) is 0. The van der Waals surface area contributed by atoms with Crippen LogP contribution in [0.4, 0.5) is 0 Å². The number of unbranched alkanes of at least 4 members (excludes halogenated alkanes) is 3. The molecule has 0 unspecified atom stereocenters. The van der Waals surface area contributed by atoms with Crippen molar-refractivity contribution in [3.63, 3.8) is 0 Å². The lowest BCUT2D eigenvalue weighted by molar-refractivity contribution is -0.157. The first kappa shape index (κ1) is 18.8. The van der Waals surface area contributed by atoms with E-state index in [0.29, 0.717) is 6.61 Å². The lowest BCUT2D eigenvalue weighted by atomic mass is 9.79. The Labute approximate surface area is 142 Å². The van der Waals surface area contributed by atoms with E-state index in [1.165, 1.54) is 44.9 Å². The van der Waals surface area contributed by atoms with Gasteiger partial charge in [-0.1, -0.05) is 32.6 Å². The average molecular weight is 325 g/mol. The van der Waals surface area contributed by atoms with E-state index in [2.05, 4.69) is 6.92 Å². The summed E-state index contributed by atoms with van der Waals surface area (Å²) < 4.78 is 5.78. The Balaban J connectivity index is 1.57. The van der Waals surface area contributed by atoms with Gasteiger partial charge in [0.1, 0.15) is 6.10 Å². The first-order chi connectivity index (χ1) is 11.2. The Morgan fingerprint density at radius 1 is 0.913 bits per heavy atom. The molecule has 2 fully saturated rings. The van der Waals surface area contributed by atoms with E-state index >= 15 is 0 Å². The summed E-state index contributed by atoms with van der Waals surface area (Å²) in [6.07, 6.45) is 15.1. The van der Waals surface area contributed by atoms with Gasteiger partial charge in [-0.05, 0) is 69.6 Å². The Morgan fingerprint density at radius 2 is 1.57 bits per heavy atom. The van der Waals surface area contributed by atoms with Gasteiger partial charge in [0.2, 0.25) is 0 Å². The summed E-state index contributed by atoms with van der Waals surface area (Å²) in [4.78, 5) is 12.3. The highest BCUT2D eigenvalue weighted by Crippen LogP contribution is 2.34. The molecule has 3 nitrogen and oxygen atoms in total.